The molecule has 0 bridgehead atoms. The smallest absolute Gasteiger partial charge is 0.156 e. The van der Waals surface area contributed by atoms with Crippen molar-refractivity contribution in [1.29, 1.82) is 5.26 Å². The molecular formula is C24H32N6O. The van der Waals surface area contributed by atoms with Gasteiger partial charge in [0.15, 0.2) is 5.78 Å². The fourth-order valence-electron chi connectivity index (χ4n) is 4.89. The first-order valence-electron chi connectivity index (χ1n) is 11.3. The average Bonchev–Trinajstić information content (AvgIpc) is 2.78. The molecule has 2 fully saturated rings. The van der Waals surface area contributed by atoms with Crippen molar-refractivity contribution in [2.45, 2.75) is 64.6 Å². The summed E-state index contributed by atoms with van der Waals surface area (Å²) in [5.41, 5.74) is 1.13. The maximum absolute atomic E-state index is 13.0. The van der Waals surface area contributed by atoms with E-state index in [0.717, 1.165) is 62.0 Å². The summed E-state index contributed by atoms with van der Waals surface area (Å²) in [6.45, 7) is 8.69. The number of nitrogens with one attached hydrogen (secondary N) is 2. The Morgan fingerprint density at radius 3 is 2.71 bits per heavy atom. The van der Waals surface area contributed by atoms with Crippen molar-refractivity contribution in [1.82, 2.24) is 20.2 Å². The van der Waals surface area contributed by atoms with E-state index in [2.05, 4.69) is 31.6 Å². The van der Waals surface area contributed by atoms with E-state index in [-0.39, 0.29) is 11.5 Å². The Bertz CT molecular complexity index is 984. The van der Waals surface area contributed by atoms with E-state index >= 15 is 0 Å². The fourth-order valence-corrected chi connectivity index (χ4v) is 4.89. The molecule has 164 valence electrons. The van der Waals surface area contributed by atoms with Crippen LogP contribution in [0.25, 0.3) is 10.9 Å². The summed E-state index contributed by atoms with van der Waals surface area (Å²) in [6, 6.07) is 8.45. The SMILES string of the molecule is CC(C)(C)C(=O)C1CNCCN1C1CCC(Nc2ncnc3ccc(C#N)cc23)CC1. The number of anilines is 1. The van der Waals surface area contributed by atoms with Crippen molar-refractivity contribution in [3.63, 3.8) is 0 Å². The predicted molar refractivity (Wildman–Crippen MR) is 122 cm³/mol. The number of rotatable bonds is 4. The minimum atomic E-state index is -0.322. The van der Waals surface area contributed by atoms with Gasteiger partial charge in [0.05, 0.1) is 23.2 Å². The third-order valence-corrected chi connectivity index (χ3v) is 6.60. The number of nitriles is 1. The minimum absolute atomic E-state index is 0.0292. The van der Waals surface area contributed by atoms with Gasteiger partial charge < -0.3 is 10.6 Å². The molecule has 7 heteroatoms. The van der Waals surface area contributed by atoms with Gasteiger partial charge in [0.2, 0.25) is 0 Å². The van der Waals surface area contributed by atoms with Crippen LogP contribution in [0.1, 0.15) is 52.0 Å². The van der Waals surface area contributed by atoms with Crippen LogP contribution in [0.15, 0.2) is 24.5 Å². The lowest BCUT2D eigenvalue weighted by molar-refractivity contribution is -0.134. The van der Waals surface area contributed by atoms with Crippen LogP contribution in [-0.4, -0.2) is 58.4 Å². The van der Waals surface area contributed by atoms with Crippen LogP contribution in [0.2, 0.25) is 0 Å². The lowest BCUT2D eigenvalue weighted by Gasteiger charge is -2.45. The molecule has 1 saturated carbocycles. The summed E-state index contributed by atoms with van der Waals surface area (Å²) < 4.78 is 0. The number of fused-ring (bicyclic) bond motifs is 1. The molecule has 2 aliphatic rings. The van der Waals surface area contributed by atoms with Gasteiger partial charge in [-0.2, -0.15) is 5.26 Å². The number of hydrogen-bond acceptors (Lipinski definition) is 7. The largest absolute Gasteiger partial charge is 0.367 e. The number of carbonyl (C=O) groups excluding carboxylic acids is 1. The number of ketones is 1. The maximum atomic E-state index is 13.0. The first-order chi connectivity index (χ1) is 14.9. The van der Waals surface area contributed by atoms with E-state index in [1.54, 1.807) is 12.4 Å². The molecule has 0 spiro atoms. The molecule has 31 heavy (non-hydrogen) atoms. The third-order valence-electron chi connectivity index (χ3n) is 6.60. The van der Waals surface area contributed by atoms with Gasteiger partial charge in [-0.25, -0.2) is 9.97 Å². The van der Waals surface area contributed by atoms with Crippen LogP contribution in [0.3, 0.4) is 0 Å². The zero-order valence-electron chi connectivity index (χ0n) is 18.7. The second kappa shape index (κ2) is 8.89. The topological polar surface area (TPSA) is 93.9 Å². The zero-order valence-corrected chi connectivity index (χ0v) is 18.7. The molecule has 2 N–H and O–H groups in total. The normalized spacial score (nSPS) is 25.2. The molecule has 1 aliphatic carbocycles. The number of aromatic nitrogens is 2. The summed E-state index contributed by atoms with van der Waals surface area (Å²) in [7, 11) is 0. The van der Waals surface area contributed by atoms with Gasteiger partial charge in [0.1, 0.15) is 12.1 Å². The molecule has 0 amide bonds. The number of Topliss-reactive ketones (excluding diaryl/α,β-unsaturated/α-hetero) is 1. The molecule has 2 heterocycles. The Kier molecular flexibility index (Phi) is 6.22. The van der Waals surface area contributed by atoms with Crippen LogP contribution in [-0.2, 0) is 4.79 Å². The molecule has 7 nitrogen and oxygen atoms in total. The Labute approximate surface area is 184 Å². The molecule has 4 rings (SSSR count). The number of hydrogen-bond donors (Lipinski definition) is 2. The molecule has 1 saturated heterocycles. The summed E-state index contributed by atoms with van der Waals surface area (Å²) in [6.07, 6.45) is 5.78. The predicted octanol–water partition coefficient (Wildman–Crippen LogP) is 3.11. The van der Waals surface area contributed by atoms with Gasteiger partial charge in [-0.1, -0.05) is 20.8 Å². The van der Waals surface area contributed by atoms with Crippen molar-refractivity contribution in [3.05, 3.63) is 30.1 Å². The van der Waals surface area contributed by atoms with E-state index in [9.17, 15) is 10.1 Å². The van der Waals surface area contributed by atoms with Gasteiger partial charge in [-0.05, 0) is 43.9 Å². The third kappa shape index (κ3) is 4.70. The average molecular weight is 421 g/mol. The van der Waals surface area contributed by atoms with E-state index in [1.807, 2.05) is 32.9 Å². The lowest BCUT2D eigenvalue weighted by Crippen LogP contribution is -2.60. The van der Waals surface area contributed by atoms with Crippen LogP contribution in [0.4, 0.5) is 5.82 Å². The van der Waals surface area contributed by atoms with E-state index in [1.165, 1.54) is 0 Å². The molecule has 1 aliphatic heterocycles. The number of nitrogens with zero attached hydrogens (tertiary/aromatic N) is 4. The summed E-state index contributed by atoms with van der Waals surface area (Å²) in [5.74, 6) is 1.13. The van der Waals surface area contributed by atoms with Gasteiger partial charge >= 0.3 is 0 Å². The standard InChI is InChI=1S/C24H32N6O/c1-24(2,3)22(31)21-14-26-10-11-30(21)18-7-5-17(6-8-18)29-23-19-12-16(13-25)4-9-20(19)27-15-28-23/h4,9,12,15,17-18,21,26H,5-8,10-11,14H2,1-3H3,(H,27,28,29). The highest BCUT2D eigenvalue weighted by atomic mass is 16.1. The Morgan fingerprint density at radius 1 is 1.23 bits per heavy atom. The molecule has 1 unspecified atom stereocenters. The highest BCUT2D eigenvalue weighted by Crippen LogP contribution is 2.30. The second-order valence-corrected chi connectivity index (χ2v) is 9.79. The van der Waals surface area contributed by atoms with Gasteiger partial charge in [0.25, 0.3) is 0 Å². The summed E-state index contributed by atoms with van der Waals surface area (Å²) >= 11 is 0. The monoisotopic (exact) mass is 420 g/mol. The maximum Gasteiger partial charge on any atom is 0.156 e. The molecule has 0 radical (unpaired) electrons. The Morgan fingerprint density at radius 2 is 2.00 bits per heavy atom. The lowest BCUT2D eigenvalue weighted by atomic mass is 9.83. The number of carbonyl (C=O) groups is 1. The molecular weight excluding hydrogens is 388 g/mol. The van der Waals surface area contributed by atoms with Gasteiger partial charge in [0, 0.05) is 42.5 Å². The molecule has 1 aromatic carbocycles. The van der Waals surface area contributed by atoms with E-state index in [4.69, 9.17) is 0 Å². The van der Waals surface area contributed by atoms with Crippen molar-refractivity contribution in [3.8, 4) is 6.07 Å². The highest BCUT2D eigenvalue weighted by molar-refractivity contribution is 5.90. The fraction of sp³-hybridized carbons (Fsp3) is 0.583. The highest BCUT2D eigenvalue weighted by Gasteiger charge is 2.39. The van der Waals surface area contributed by atoms with Gasteiger partial charge in [-0.3, -0.25) is 9.69 Å². The van der Waals surface area contributed by atoms with Gasteiger partial charge in [-0.15, -0.1) is 0 Å². The van der Waals surface area contributed by atoms with Crippen LogP contribution < -0.4 is 10.6 Å². The van der Waals surface area contributed by atoms with Crippen LogP contribution in [0.5, 0.6) is 0 Å². The van der Waals surface area contributed by atoms with Crippen molar-refractivity contribution in [2.75, 3.05) is 25.0 Å². The van der Waals surface area contributed by atoms with Crippen molar-refractivity contribution < 1.29 is 4.79 Å². The molecule has 1 atom stereocenters. The summed E-state index contributed by atoms with van der Waals surface area (Å²) in [4.78, 5) is 24.3. The van der Waals surface area contributed by atoms with Crippen molar-refractivity contribution in [2.24, 2.45) is 5.41 Å². The van der Waals surface area contributed by atoms with Crippen molar-refractivity contribution >= 4 is 22.5 Å². The molecule has 1 aromatic heterocycles. The van der Waals surface area contributed by atoms with Crippen LogP contribution >= 0.6 is 0 Å². The molecule has 2 aromatic rings. The Balaban J connectivity index is 1.43. The minimum Gasteiger partial charge on any atom is -0.367 e. The second-order valence-electron chi connectivity index (χ2n) is 9.79. The Hall–Kier alpha value is -2.56. The van der Waals surface area contributed by atoms with E-state index < -0.39 is 0 Å². The zero-order chi connectivity index (χ0) is 22.0. The number of benzene rings is 1. The quantitative estimate of drug-likeness (QED) is 0.785. The first-order valence-corrected chi connectivity index (χ1v) is 11.3. The summed E-state index contributed by atoms with van der Waals surface area (Å²) in [5, 5.41) is 17.1. The van der Waals surface area contributed by atoms with E-state index in [0.29, 0.717) is 23.4 Å². The number of piperazine rings is 1. The van der Waals surface area contributed by atoms with Crippen LogP contribution in [0, 0.1) is 16.7 Å². The first kappa shape index (κ1) is 21.7.